The third-order valence-corrected chi connectivity index (χ3v) is 2.32. The van der Waals surface area contributed by atoms with Crippen LogP contribution in [0.1, 0.15) is 10.4 Å². The summed E-state index contributed by atoms with van der Waals surface area (Å²) in [6.07, 6.45) is 0. The standard InChI is InChI=1S/C10H6BrNO2/c11-9-5-7(10(13)14)6-3-1-2-4-8(6)12-9/h1-5H,(H,13,14). The Morgan fingerprint density at radius 3 is 2.79 bits per heavy atom. The second kappa shape index (κ2) is 3.38. The first-order chi connectivity index (χ1) is 6.68. The fourth-order valence-corrected chi connectivity index (χ4v) is 1.74. The van der Waals surface area contributed by atoms with Crippen LogP contribution in [-0.4, -0.2) is 16.1 Å². The van der Waals surface area contributed by atoms with Gasteiger partial charge in [-0.3, -0.25) is 0 Å². The third-order valence-electron chi connectivity index (χ3n) is 1.92. The molecular weight excluding hydrogens is 246 g/mol. The molecule has 0 atom stereocenters. The zero-order valence-electron chi connectivity index (χ0n) is 7.07. The molecule has 1 aromatic carbocycles. The number of rotatable bonds is 1. The highest BCUT2D eigenvalue weighted by Gasteiger charge is 2.09. The van der Waals surface area contributed by atoms with Gasteiger partial charge in [0.25, 0.3) is 0 Å². The Bertz CT molecular complexity index is 510. The minimum Gasteiger partial charge on any atom is -0.478 e. The van der Waals surface area contributed by atoms with Crippen LogP contribution in [0.25, 0.3) is 10.9 Å². The number of hydrogen-bond donors (Lipinski definition) is 1. The summed E-state index contributed by atoms with van der Waals surface area (Å²) in [5, 5.41) is 9.61. The molecule has 3 nitrogen and oxygen atoms in total. The maximum Gasteiger partial charge on any atom is 0.336 e. The average molecular weight is 252 g/mol. The predicted octanol–water partition coefficient (Wildman–Crippen LogP) is 2.70. The number of carboxylic acid groups (broad SMARTS) is 1. The highest BCUT2D eigenvalue weighted by atomic mass is 79.9. The van der Waals surface area contributed by atoms with E-state index in [4.69, 9.17) is 5.11 Å². The van der Waals surface area contributed by atoms with Crippen LogP contribution in [0, 0.1) is 0 Å². The smallest absolute Gasteiger partial charge is 0.336 e. The first-order valence-corrected chi connectivity index (χ1v) is 4.76. The Balaban J connectivity index is 2.87. The molecule has 2 aromatic rings. The van der Waals surface area contributed by atoms with Gasteiger partial charge in [0.2, 0.25) is 0 Å². The summed E-state index contributed by atoms with van der Waals surface area (Å²) in [5.41, 5.74) is 0.946. The maximum absolute atomic E-state index is 10.9. The molecule has 0 aliphatic rings. The van der Waals surface area contributed by atoms with Crippen molar-refractivity contribution in [2.75, 3.05) is 0 Å². The summed E-state index contributed by atoms with van der Waals surface area (Å²) in [6.45, 7) is 0. The molecule has 0 saturated heterocycles. The van der Waals surface area contributed by atoms with Crippen molar-refractivity contribution in [2.24, 2.45) is 0 Å². The first-order valence-electron chi connectivity index (χ1n) is 3.97. The molecule has 0 unspecified atom stereocenters. The first kappa shape index (κ1) is 9.15. The Morgan fingerprint density at radius 1 is 1.36 bits per heavy atom. The monoisotopic (exact) mass is 251 g/mol. The molecule has 0 spiro atoms. The van der Waals surface area contributed by atoms with Gasteiger partial charge in [-0.25, -0.2) is 9.78 Å². The van der Waals surface area contributed by atoms with Crippen LogP contribution < -0.4 is 0 Å². The van der Waals surface area contributed by atoms with Crippen LogP contribution in [0.5, 0.6) is 0 Å². The second-order valence-corrected chi connectivity index (χ2v) is 3.63. The van der Waals surface area contributed by atoms with Gasteiger partial charge in [0, 0.05) is 5.39 Å². The summed E-state index contributed by atoms with van der Waals surface area (Å²) in [4.78, 5) is 15.1. The quantitative estimate of drug-likeness (QED) is 0.794. The number of halogens is 1. The van der Waals surface area contributed by atoms with Gasteiger partial charge in [0.1, 0.15) is 4.60 Å². The zero-order chi connectivity index (χ0) is 10.1. The fraction of sp³-hybridized carbons (Fsp3) is 0. The minimum atomic E-state index is -0.940. The number of hydrogen-bond acceptors (Lipinski definition) is 2. The van der Waals surface area contributed by atoms with Crippen molar-refractivity contribution in [3.8, 4) is 0 Å². The van der Waals surface area contributed by atoms with E-state index in [-0.39, 0.29) is 5.56 Å². The number of pyridine rings is 1. The lowest BCUT2D eigenvalue weighted by Crippen LogP contribution is -1.98. The van der Waals surface area contributed by atoms with Crippen LogP contribution >= 0.6 is 15.9 Å². The van der Waals surface area contributed by atoms with Crippen molar-refractivity contribution in [1.82, 2.24) is 4.98 Å². The molecule has 4 heteroatoms. The Hall–Kier alpha value is -1.42. The van der Waals surface area contributed by atoms with Crippen molar-refractivity contribution >= 4 is 32.8 Å². The van der Waals surface area contributed by atoms with Crippen LogP contribution in [0.15, 0.2) is 34.9 Å². The van der Waals surface area contributed by atoms with Crippen LogP contribution in [0.4, 0.5) is 0 Å². The Morgan fingerprint density at radius 2 is 2.07 bits per heavy atom. The van der Waals surface area contributed by atoms with E-state index in [0.29, 0.717) is 15.5 Å². The van der Waals surface area contributed by atoms with Crippen molar-refractivity contribution in [3.63, 3.8) is 0 Å². The van der Waals surface area contributed by atoms with E-state index in [1.165, 1.54) is 6.07 Å². The lowest BCUT2D eigenvalue weighted by Gasteiger charge is -2.01. The van der Waals surface area contributed by atoms with Gasteiger partial charge in [-0.1, -0.05) is 18.2 Å². The van der Waals surface area contributed by atoms with Gasteiger partial charge >= 0.3 is 5.97 Å². The van der Waals surface area contributed by atoms with E-state index < -0.39 is 5.97 Å². The number of aromatic carboxylic acids is 1. The summed E-state index contributed by atoms with van der Waals surface area (Å²) in [6, 6.07) is 8.66. The van der Waals surface area contributed by atoms with Gasteiger partial charge in [-0.2, -0.15) is 0 Å². The highest BCUT2D eigenvalue weighted by Crippen LogP contribution is 2.20. The molecule has 1 N–H and O–H groups in total. The SMILES string of the molecule is O=C(O)c1cc(Br)nc2ccccc12. The third kappa shape index (κ3) is 1.48. The van der Waals surface area contributed by atoms with E-state index in [2.05, 4.69) is 20.9 Å². The van der Waals surface area contributed by atoms with Crippen LogP contribution in [-0.2, 0) is 0 Å². The van der Waals surface area contributed by atoms with E-state index >= 15 is 0 Å². The predicted molar refractivity (Wildman–Crippen MR) is 56.4 cm³/mol. The molecule has 1 aromatic heterocycles. The fourth-order valence-electron chi connectivity index (χ4n) is 1.32. The normalized spacial score (nSPS) is 10.4. The molecular formula is C10H6BrNO2. The van der Waals surface area contributed by atoms with E-state index in [1.807, 2.05) is 6.07 Å². The van der Waals surface area contributed by atoms with Crippen LogP contribution in [0.3, 0.4) is 0 Å². The van der Waals surface area contributed by atoms with Crippen molar-refractivity contribution < 1.29 is 9.90 Å². The summed E-state index contributed by atoms with van der Waals surface area (Å²) in [5.74, 6) is -0.940. The minimum absolute atomic E-state index is 0.266. The topological polar surface area (TPSA) is 50.2 Å². The molecule has 14 heavy (non-hydrogen) atoms. The summed E-state index contributed by atoms with van der Waals surface area (Å²) >= 11 is 3.18. The average Bonchev–Trinajstić information content (AvgIpc) is 2.16. The van der Waals surface area contributed by atoms with Crippen molar-refractivity contribution in [2.45, 2.75) is 0 Å². The van der Waals surface area contributed by atoms with Crippen LogP contribution in [0.2, 0.25) is 0 Å². The Labute approximate surface area is 88.5 Å². The molecule has 0 aliphatic carbocycles. The molecule has 0 saturated carbocycles. The van der Waals surface area contributed by atoms with Crippen molar-refractivity contribution in [3.05, 3.63) is 40.5 Å². The van der Waals surface area contributed by atoms with Gasteiger partial charge in [0.05, 0.1) is 11.1 Å². The molecule has 0 fully saturated rings. The highest BCUT2D eigenvalue weighted by molar-refractivity contribution is 9.10. The number of carboxylic acids is 1. The van der Waals surface area contributed by atoms with E-state index in [9.17, 15) is 4.79 Å². The molecule has 1 heterocycles. The van der Waals surface area contributed by atoms with Crippen molar-refractivity contribution in [1.29, 1.82) is 0 Å². The molecule has 0 bridgehead atoms. The molecule has 0 amide bonds. The zero-order valence-corrected chi connectivity index (χ0v) is 8.65. The molecule has 0 aliphatic heterocycles. The number of nitrogens with zero attached hydrogens (tertiary/aromatic N) is 1. The van der Waals surface area contributed by atoms with Gasteiger partial charge in [-0.05, 0) is 28.1 Å². The number of para-hydroxylation sites is 1. The lowest BCUT2D eigenvalue weighted by molar-refractivity contribution is 0.0699. The maximum atomic E-state index is 10.9. The van der Waals surface area contributed by atoms with E-state index in [0.717, 1.165) is 0 Å². The lowest BCUT2D eigenvalue weighted by atomic mass is 10.1. The van der Waals surface area contributed by atoms with Gasteiger partial charge < -0.3 is 5.11 Å². The van der Waals surface area contributed by atoms with Gasteiger partial charge in [0.15, 0.2) is 0 Å². The molecule has 70 valence electrons. The number of carbonyl (C=O) groups is 1. The number of benzene rings is 1. The Kier molecular flexibility index (Phi) is 2.21. The number of fused-ring (bicyclic) bond motifs is 1. The second-order valence-electron chi connectivity index (χ2n) is 2.81. The molecule has 2 rings (SSSR count). The summed E-state index contributed by atoms with van der Waals surface area (Å²) in [7, 11) is 0. The number of aromatic nitrogens is 1. The molecule has 0 radical (unpaired) electrons. The summed E-state index contributed by atoms with van der Waals surface area (Å²) < 4.78 is 0.536. The largest absolute Gasteiger partial charge is 0.478 e. The van der Waals surface area contributed by atoms with Gasteiger partial charge in [-0.15, -0.1) is 0 Å². The van der Waals surface area contributed by atoms with E-state index in [1.54, 1.807) is 18.2 Å².